The predicted molar refractivity (Wildman–Crippen MR) is 116 cm³/mol. The number of carbonyl (C=O) groups is 2. The number of halogens is 1. The van der Waals surface area contributed by atoms with E-state index in [4.69, 9.17) is 0 Å². The third-order valence-electron chi connectivity index (χ3n) is 5.33. The maximum atomic E-state index is 13.7. The summed E-state index contributed by atoms with van der Waals surface area (Å²) >= 11 is 0. The number of aliphatic hydroxyl groups is 1. The number of aromatic nitrogens is 1. The van der Waals surface area contributed by atoms with Crippen LogP contribution in [0.1, 0.15) is 34.0 Å². The van der Waals surface area contributed by atoms with Crippen molar-refractivity contribution < 1.29 is 19.1 Å². The number of ketones is 1. The van der Waals surface area contributed by atoms with E-state index >= 15 is 0 Å². The molecule has 2 aromatic carbocycles. The highest BCUT2D eigenvalue weighted by atomic mass is 19.1. The Bertz CT molecular complexity index is 1210. The molecule has 0 aliphatic carbocycles. The summed E-state index contributed by atoms with van der Waals surface area (Å²) in [5.41, 5.74) is 3.37. The molecule has 1 N–H and O–H groups in total. The van der Waals surface area contributed by atoms with E-state index in [-0.39, 0.29) is 16.9 Å². The van der Waals surface area contributed by atoms with Crippen LogP contribution >= 0.6 is 0 Å². The molecule has 4 rings (SSSR count). The highest BCUT2D eigenvalue weighted by Crippen LogP contribution is 2.42. The normalized spacial score (nSPS) is 17.9. The summed E-state index contributed by atoms with van der Waals surface area (Å²) in [6.07, 6.45) is 1.57. The first-order valence-electron chi connectivity index (χ1n) is 9.84. The summed E-state index contributed by atoms with van der Waals surface area (Å²) < 4.78 is 13.7. The van der Waals surface area contributed by atoms with Crippen LogP contribution in [0.3, 0.4) is 0 Å². The van der Waals surface area contributed by atoms with Crippen LogP contribution in [-0.4, -0.2) is 21.8 Å². The molecule has 0 radical (unpaired) electrons. The molecule has 0 saturated carbocycles. The van der Waals surface area contributed by atoms with Gasteiger partial charge in [0.1, 0.15) is 17.6 Å². The molecular weight excluding hydrogens is 395 g/mol. The van der Waals surface area contributed by atoms with E-state index in [2.05, 4.69) is 4.98 Å². The minimum Gasteiger partial charge on any atom is -0.507 e. The molecule has 1 amide bonds. The number of anilines is 1. The number of rotatable bonds is 3. The fourth-order valence-electron chi connectivity index (χ4n) is 3.95. The fraction of sp³-hybridized carbons (Fsp3) is 0.160. The lowest BCUT2D eigenvalue weighted by Gasteiger charge is -2.25. The number of pyridine rings is 1. The second-order valence-corrected chi connectivity index (χ2v) is 7.73. The highest BCUT2D eigenvalue weighted by molar-refractivity contribution is 6.51. The second-order valence-electron chi connectivity index (χ2n) is 7.73. The lowest BCUT2D eigenvalue weighted by molar-refractivity contribution is -0.132. The maximum Gasteiger partial charge on any atom is 0.300 e. The van der Waals surface area contributed by atoms with Gasteiger partial charge in [-0.1, -0.05) is 12.1 Å². The van der Waals surface area contributed by atoms with Gasteiger partial charge in [-0.05, 0) is 79.9 Å². The average Bonchev–Trinajstić information content (AvgIpc) is 3.00. The molecule has 1 saturated heterocycles. The van der Waals surface area contributed by atoms with Gasteiger partial charge < -0.3 is 5.11 Å². The van der Waals surface area contributed by atoms with Crippen LogP contribution in [-0.2, 0) is 9.59 Å². The van der Waals surface area contributed by atoms with E-state index < -0.39 is 23.5 Å². The highest BCUT2D eigenvalue weighted by Gasteiger charge is 2.47. The standard InChI is InChI=1S/C25H21FN2O3/c1-14-10-15(2)12-18(11-14)28-22(20-6-4-5-9-27-20)21(24(30)25(28)31)23(29)17-7-8-19(26)16(3)13-17/h4-13,22,29H,1-3H3/b23-21-. The molecular formula is C25H21FN2O3. The third-order valence-corrected chi connectivity index (χ3v) is 5.33. The van der Waals surface area contributed by atoms with Crippen molar-refractivity contribution in [3.63, 3.8) is 0 Å². The maximum absolute atomic E-state index is 13.7. The van der Waals surface area contributed by atoms with E-state index in [9.17, 15) is 19.1 Å². The van der Waals surface area contributed by atoms with Gasteiger partial charge in [-0.15, -0.1) is 0 Å². The number of amides is 1. The Hall–Kier alpha value is -3.80. The summed E-state index contributed by atoms with van der Waals surface area (Å²) in [6.45, 7) is 5.38. The monoisotopic (exact) mass is 416 g/mol. The van der Waals surface area contributed by atoms with Crippen molar-refractivity contribution in [3.05, 3.63) is 100 Å². The quantitative estimate of drug-likeness (QED) is 0.379. The van der Waals surface area contributed by atoms with Gasteiger partial charge in [-0.2, -0.15) is 0 Å². The van der Waals surface area contributed by atoms with Crippen molar-refractivity contribution in [1.29, 1.82) is 0 Å². The molecule has 0 bridgehead atoms. The number of aryl methyl sites for hydroxylation is 3. The first kappa shape index (κ1) is 20.5. The summed E-state index contributed by atoms with van der Waals surface area (Å²) in [5, 5.41) is 11.1. The van der Waals surface area contributed by atoms with E-state index in [1.54, 1.807) is 31.3 Å². The molecule has 1 unspecified atom stereocenters. The Morgan fingerprint density at radius 2 is 1.71 bits per heavy atom. The molecule has 3 aromatic rings. The zero-order valence-electron chi connectivity index (χ0n) is 17.4. The van der Waals surface area contributed by atoms with Crippen LogP contribution in [0.5, 0.6) is 0 Å². The zero-order chi connectivity index (χ0) is 22.3. The summed E-state index contributed by atoms with van der Waals surface area (Å²) in [5.74, 6) is -2.34. The van der Waals surface area contributed by atoms with Crippen LogP contribution in [0.15, 0.2) is 66.4 Å². The van der Waals surface area contributed by atoms with Crippen LogP contribution in [0.2, 0.25) is 0 Å². The average molecular weight is 416 g/mol. The van der Waals surface area contributed by atoms with Gasteiger partial charge in [-0.25, -0.2) is 4.39 Å². The van der Waals surface area contributed by atoms with Crippen molar-refractivity contribution in [2.75, 3.05) is 4.90 Å². The fourth-order valence-corrected chi connectivity index (χ4v) is 3.95. The molecule has 1 aliphatic heterocycles. The zero-order valence-corrected chi connectivity index (χ0v) is 17.4. The molecule has 1 aromatic heterocycles. The van der Waals surface area contributed by atoms with Crippen molar-refractivity contribution in [3.8, 4) is 0 Å². The van der Waals surface area contributed by atoms with Gasteiger partial charge in [0.25, 0.3) is 11.7 Å². The Balaban J connectivity index is 1.97. The van der Waals surface area contributed by atoms with E-state index in [1.165, 1.54) is 23.1 Å². The predicted octanol–water partition coefficient (Wildman–Crippen LogP) is 4.77. The molecule has 2 heterocycles. The molecule has 5 nitrogen and oxygen atoms in total. The number of hydrogen-bond acceptors (Lipinski definition) is 4. The SMILES string of the molecule is Cc1cc(C)cc(N2C(=O)C(=O)/C(=C(\O)c3ccc(F)c(C)c3)C2c2ccccn2)c1. The smallest absolute Gasteiger partial charge is 0.300 e. The number of hydrogen-bond donors (Lipinski definition) is 1. The first-order chi connectivity index (χ1) is 14.8. The molecule has 1 atom stereocenters. The number of nitrogens with zero attached hydrogens (tertiary/aromatic N) is 2. The van der Waals surface area contributed by atoms with Gasteiger partial charge >= 0.3 is 0 Å². The summed E-state index contributed by atoms with van der Waals surface area (Å²) in [4.78, 5) is 31.9. The topological polar surface area (TPSA) is 70.5 Å². The molecule has 6 heteroatoms. The van der Waals surface area contributed by atoms with Gasteiger partial charge in [0.2, 0.25) is 0 Å². The Kier molecular flexibility index (Phi) is 5.15. The van der Waals surface area contributed by atoms with Gasteiger partial charge in [0, 0.05) is 17.4 Å². The van der Waals surface area contributed by atoms with Crippen molar-refractivity contribution in [1.82, 2.24) is 4.98 Å². The molecule has 0 spiro atoms. The Morgan fingerprint density at radius 1 is 1.00 bits per heavy atom. The molecule has 1 fully saturated rings. The number of aliphatic hydroxyl groups excluding tert-OH is 1. The van der Waals surface area contributed by atoms with Crippen LogP contribution in [0.4, 0.5) is 10.1 Å². The van der Waals surface area contributed by atoms with Crippen molar-refractivity contribution in [2.45, 2.75) is 26.8 Å². The molecule has 31 heavy (non-hydrogen) atoms. The second kappa shape index (κ2) is 7.80. The van der Waals surface area contributed by atoms with Crippen molar-refractivity contribution in [2.24, 2.45) is 0 Å². The van der Waals surface area contributed by atoms with Gasteiger partial charge in [0.05, 0.1) is 11.3 Å². The van der Waals surface area contributed by atoms with Gasteiger partial charge in [-0.3, -0.25) is 19.5 Å². The van der Waals surface area contributed by atoms with Crippen LogP contribution in [0.25, 0.3) is 5.76 Å². The number of benzene rings is 2. The van der Waals surface area contributed by atoms with E-state index in [0.29, 0.717) is 16.9 Å². The lowest BCUT2D eigenvalue weighted by atomic mass is 9.97. The minimum atomic E-state index is -0.909. The Labute approximate surface area is 179 Å². The largest absolute Gasteiger partial charge is 0.507 e. The first-order valence-corrected chi connectivity index (χ1v) is 9.84. The minimum absolute atomic E-state index is 0.0751. The van der Waals surface area contributed by atoms with Crippen LogP contribution in [0, 0.1) is 26.6 Å². The lowest BCUT2D eigenvalue weighted by Crippen LogP contribution is -2.30. The van der Waals surface area contributed by atoms with Crippen LogP contribution < -0.4 is 4.90 Å². The Morgan fingerprint density at radius 3 is 2.32 bits per heavy atom. The third kappa shape index (κ3) is 3.61. The molecule has 1 aliphatic rings. The number of Topliss-reactive ketones (excluding diaryl/α,β-unsaturated/α-hetero) is 1. The number of carbonyl (C=O) groups excluding carboxylic acids is 2. The molecule has 156 valence electrons. The van der Waals surface area contributed by atoms with E-state index in [1.807, 2.05) is 32.0 Å². The summed E-state index contributed by atoms with van der Waals surface area (Å²) in [6, 6.07) is 13.9. The summed E-state index contributed by atoms with van der Waals surface area (Å²) in [7, 11) is 0. The van der Waals surface area contributed by atoms with E-state index in [0.717, 1.165) is 11.1 Å². The van der Waals surface area contributed by atoms with Crippen molar-refractivity contribution >= 4 is 23.1 Å². The van der Waals surface area contributed by atoms with Gasteiger partial charge in [0.15, 0.2) is 0 Å².